The molecule has 11 nitrogen and oxygen atoms in total. The first-order valence-electron chi connectivity index (χ1n) is 10.2. The van der Waals surface area contributed by atoms with Crippen molar-refractivity contribution in [2.75, 3.05) is 29.7 Å². The summed E-state index contributed by atoms with van der Waals surface area (Å²) in [5.74, 6) is 2.62. The third kappa shape index (κ3) is 5.42. The number of nitrogens with zero attached hydrogens (tertiary/aromatic N) is 6. The van der Waals surface area contributed by atoms with Crippen LogP contribution in [0.4, 0.5) is 17.6 Å². The summed E-state index contributed by atoms with van der Waals surface area (Å²) in [6.45, 7) is 4.27. The summed E-state index contributed by atoms with van der Waals surface area (Å²) in [5, 5.41) is 12.3. The van der Waals surface area contributed by atoms with Gasteiger partial charge in [0.2, 0.25) is 11.9 Å². The van der Waals surface area contributed by atoms with Crippen molar-refractivity contribution in [2.24, 2.45) is 0 Å². The molecule has 13 heteroatoms. The second-order valence-electron chi connectivity index (χ2n) is 7.39. The molecule has 4 rings (SSSR count). The number of nitrogens with one attached hydrogen (secondary N) is 1. The fourth-order valence-corrected chi connectivity index (χ4v) is 6.11. The molecular weight excluding hydrogens is 464 g/mol. The maximum Gasteiger partial charge on any atom is 0.232 e. The van der Waals surface area contributed by atoms with E-state index < -0.39 is 9.84 Å². The highest BCUT2D eigenvalue weighted by molar-refractivity contribution is 7.98. The van der Waals surface area contributed by atoms with E-state index in [4.69, 9.17) is 10.5 Å². The number of allylic oxidation sites excluding steroid dienone is 1. The highest BCUT2D eigenvalue weighted by Gasteiger charge is 2.33. The second-order valence-corrected chi connectivity index (χ2v) is 10.6. The lowest BCUT2D eigenvalue weighted by Gasteiger charge is -2.12. The lowest BCUT2D eigenvalue weighted by molar-refractivity contribution is 0.417. The summed E-state index contributed by atoms with van der Waals surface area (Å²) in [7, 11) is -1.45. The van der Waals surface area contributed by atoms with Gasteiger partial charge in [0.25, 0.3) is 0 Å². The Balaban J connectivity index is 1.52. The lowest BCUT2D eigenvalue weighted by Crippen LogP contribution is -2.11. The molecule has 1 aromatic carbocycles. The molecule has 0 aliphatic carbocycles. The fraction of sp³-hybridized carbons (Fsp3) is 0.350. The summed E-state index contributed by atoms with van der Waals surface area (Å²) < 4.78 is 31.0. The average Bonchev–Trinajstić information content (AvgIpc) is 3.35. The Kier molecular flexibility index (Phi) is 6.79. The van der Waals surface area contributed by atoms with Gasteiger partial charge < -0.3 is 20.4 Å². The van der Waals surface area contributed by atoms with E-state index in [1.165, 1.54) is 11.8 Å². The normalized spacial score (nSPS) is 17.1. The van der Waals surface area contributed by atoms with E-state index >= 15 is 0 Å². The Bertz CT molecular complexity index is 1260. The number of aromatic nitrogens is 6. The van der Waals surface area contributed by atoms with Crippen molar-refractivity contribution in [3.63, 3.8) is 0 Å². The first-order chi connectivity index (χ1) is 15.9. The van der Waals surface area contributed by atoms with Crippen LogP contribution >= 0.6 is 11.8 Å². The van der Waals surface area contributed by atoms with Gasteiger partial charge in [-0.25, -0.2) is 8.42 Å². The Morgan fingerprint density at radius 2 is 2.12 bits per heavy atom. The number of nitrogen functional groups attached to an aromatic ring is 1. The fourth-order valence-electron chi connectivity index (χ4n) is 3.56. The average molecular weight is 489 g/mol. The molecule has 0 amide bonds. The zero-order valence-electron chi connectivity index (χ0n) is 18.0. The minimum atomic E-state index is -3.03. The monoisotopic (exact) mass is 488 g/mol. The molecule has 1 saturated heterocycles. The summed E-state index contributed by atoms with van der Waals surface area (Å²) in [6.07, 6.45) is 2.28. The topological polar surface area (TPSA) is 151 Å². The third-order valence-corrected chi connectivity index (χ3v) is 7.77. The predicted molar refractivity (Wildman–Crippen MR) is 126 cm³/mol. The molecule has 0 radical (unpaired) electrons. The number of hydrogen-bond acceptors (Lipinski definition) is 11. The van der Waals surface area contributed by atoms with Gasteiger partial charge in [-0.3, -0.25) is 0 Å². The number of sulfone groups is 1. The smallest absolute Gasteiger partial charge is 0.232 e. The first kappa shape index (κ1) is 23.0. The zero-order valence-corrected chi connectivity index (χ0v) is 19.6. The molecule has 0 bridgehead atoms. The van der Waals surface area contributed by atoms with Gasteiger partial charge in [-0.15, -0.1) is 16.8 Å². The van der Waals surface area contributed by atoms with Crippen molar-refractivity contribution in [1.29, 1.82) is 0 Å². The largest absolute Gasteiger partial charge is 0.495 e. The molecule has 1 aliphatic heterocycles. The Labute approximate surface area is 195 Å². The predicted octanol–water partition coefficient (Wildman–Crippen LogP) is 2.18. The van der Waals surface area contributed by atoms with Gasteiger partial charge in [0.05, 0.1) is 30.1 Å². The number of rotatable bonds is 9. The van der Waals surface area contributed by atoms with Crippen LogP contribution in [0.2, 0.25) is 0 Å². The van der Waals surface area contributed by atoms with Crippen LogP contribution in [0.3, 0.4) is 0 Å². The molecule has 3 heterocycles. The molecule has 2 aromatic heterocycles. The third-order valence-electron chi connectivity index (χ3n) is 5.04. The van der Waals surface area contributed by atoms with E-state index in [0.717, 1.165) is 0 Å². The summed E-state index contributed by atoms with van der Waals surface area (Å²) >= 11 is 1.38. The molecular formula is C20H24N8O3S2. The van der Waals surface area contributed by atoms with E-state index in [1.54, 1.807) is 13.2 Å². The minimum Gasteiger partial charge on any atom is -0.495 e. The molecule has 0 spiro atoms. The number of thioether (sulfide) groups is 1. The highest BCUT2D eigenvalue weighted by Crippen LogP contribution is 2.31. The van der Waals surface area contributed by atoms with Gasteiger partial charge in [0.15, 0.2) is 15.0 Å². The van der Waals surface area contributed by atoms with Gasteiger partial charge in [-0.1, -0.05) is 30.0 Å². The lowest BCUT2D eigenvalue weighted by atomic mass is 10.1. The van der Waals surface area contributed by atoms with Crippen LogP contribution in [0, 0.1) is 0 Å². The van der Waals surface area contributed by atoms with E-state index in [1.807, 2.05) is 28.8 Å². The molecule has 0 saturated carbocycles. The SMILES string of the molecule is C=CCn1c(SCc2nc(N)nc(Nc3ccccc3OC)n2)nnc1[C@@H]1CCS(=O)(=O)C1. The molecule has 1 atom stereocenters. The maximum atomic E-state index is 11.9. The Hall–Kier alpha value is -3.19. The van der Waals surface area contributed by atoms with Crippen LogP contribution < -0.4 is 15.8 Å². The van der Waals surface area contributed by atoms with Crippen molar-refractivity contribution < 1.29 is 13.2 Å². The van der Waals surface area contributed by atoms with Gasteiger partial charge in [0, 0.05) is 12.5 Å². The standard InChI is InChI=1S/C20H24N8O3S2/c1-3-9-28-17(13-8-10-33(29,30)12-13)26-27-20(28)32-11-16-23-18(21)25-19(24-16)22-14-6-4-5-7-15(14)31-2/h3-7,13H,1,8-12H2,2H3,(H3,21,22,23,24,25)/t13-/m1/s1. The minimum absolute atomic E-state index is 0.0856. The van der Waals surface area contributed by atoms with Gasteiger partial charge >= 0.3 is 0 Å². The van der Waals surface area contributed by atoms with E-state index in [-0.39, 0.29) is 23.4 Å². The van der Waals surface area contributed by atoms with Crippen LogP contribution in [0.15, 0.2) is 42.1 Å². The number of ether oxygens (including phenoxy) is 1. The molecule has 33 heavy (non-hydrogen) atoms. The number of anilines is 3. The molecule has 3 aromatic rings. The molecule has 1 fully saturated rings. The van der Waals surface area contributed by atoms with Crippen LogP contribution in [0.5, 0.6) is 5.75 Å². The highest BCUT2D eigenvalue weighted by atomic mass is 32.2. The van der Waals surface area contributed by atoms with E-state index in [2.05, 4.69) is 37.0 Å². The van der Waals surface area contributed by atoms with Gasteiger partial charge in [-0.2, -0.15) is 15.0 Å². The summed E-state index contributed by atoms with van der Waals surface area (Å²) in [5.41, 5.74) is 6.60. The van der Waals surface area contributed by atoms with E-state index in [9.17, 15) is 8.42 Å². The maximum absolute atomic E-state index is 11.9. The number of nitrogens with two attached hydrogens (primary N) is 1. The second kappa shape index (κ2) is 9.75. The number of hydrogen-bond donors (Lipinski definition) is 2. The van der Waals surface area contributed by atoms with Crippen LogP contribution in [0.25, 0.3) is 0 Å². The molecule has 3 N–H and O–H groups in total. The van der Waals surface area contributed by atoms with Gasteiger partial charge in [0.1, 0.15) is 17.4 Å². The molecule has 0 unspecified atom stereocenters. The number of para-hydroxylation sites is 2. The van der Waals surface area contributed by atoms with Crippen LogP contribution in [-0.4, -0.2) is 56.7 Å². The van der Waals surface area contributed by atoms with Crippen molar-refractivity contribution in [1.82, 2.24) is 29.7 Å². The van der Waals surface area contributed by atoms with Crippen molar-refractivity contribution in [3.05, 3.63) is 48.6 Å². The number of benzene rings is 1. The molecule has 174 valence electrons. The summed E-state index contributed by atoms with van der Waals surface area (Å²) in [6, 6.07) is 7.40. The molecule has 1 aliphatic rings. The van der Waals surface area contributed by atoms with Gasteiger partial charge in [-0.05, 0) is 18.6 Å². The Morgan fingerprint density at radius 1 is 1.30 bits per heavy atom. The number of methoxy groups -OCH3 is 1. The first-order valence-corrected chi connectivity index (χ1v) is 13.0. The van der Waals surface area contributed by atoms with Crippen molar-refractivity contribution in [3.8, 4) is 5.75 Å². The quantitative estimate of drug-likeness (QED) is 0.337. The van der Waals surface area contributed by atoms with Crippen LogP contribution in [-0.2, 0) is 22.1 Å². The van der Waals surface area contributed by atoms with E-state index in [0.29, 0.717) is 52.9 Å². The Morgan fingerprint density at radius 3 is 2.85 bits per heavy atom. The van der Waals surface area contributed by atoms with Crippen molar-refractivity contribution >= 4 is 39.2 Å². The van der Waals surface area contributed by atoms with Crippen molar-refractivity contribution in [2.45, 2.75) is 29.8 Å². The van der Waals surface area contributed by atoms with Crippen LogP contribution in [0.1, 0.15) is 24.0 Å². The zero-order chi connectivity index (χ0) is 23.4. The summed E-state index contributed by atoms with van der Waals surface area (Å²) in [4.78, 5) is 12.8.